The van der Waals surface area contributed by atoms with Gasteiger partial charge in [0.25, 0.3) is 5.91 Å². The van der Waals surface area contributed by atoms with Crippen LogP contribution < -0.4 is 5.32 Å². The summed E-state index contributed by atoms with van der Waals surface area (Å²) in [5, 5.41) is 3.11. The smallest absolute Gasteiger partial charge is 0.251 e. The predicted molar refractivity (Wildman–Crippen MR) is 101 cm³/mol. The average molecular weight is 352 g/mol. The first-order valence-electron chi connectivity index (χ1n) is 9.59. The van der Waals surface area contributed by atoms with Gasteiger partial charge in [-0.1, -0.05) is 24.3 Å². The molecule has 1 atom stereocenters. The van der Waals surface area contributed by atoms with Crippen LogP contribution in [-0.4, -0.2) is 29.9 Å². The Balaban J connectivity index is 1.35. The van der Waals surface area contributed by atoms with E-state index in [2.05, 4.69) is 34.5 Å². The number of amides is 1. The van der Waals surface area contributed by atoms with E-state index < -0.39 is 0 Å². The standard InChI is InChI=1S/C22H25FN2O/c23-18-10-8-17(9-11-18)22(26)24-19-12-14-25(15-13-19)21-7-3-5-16-4-1-2-6-20(16)21/h1-2,4,6,8-11,19,21H,3,5,7,12-15H2,(H,24,26)/t21-/m0/s1. The molecule has 26 heavy (non-hydrogen) atoms. The fraction of sp³-hybridized carbons (Fsp3) is 0.409. The van der Waals surface area contributed by atoms with Gasteiger partial charge in [0.2, 0.25) is 0 Å². The quantitative estimate of drug-likeness (QED) is 0.902. The van der Waals surface area contributed by atoms with Crippen LogP contribution in [0.2, 0.25) is 0 Å². The highest BCUT2D eigenvalue weighted by atomic mass is 19.1. The minimum Gasteiger partial charge on any atom is -0.349 e. The third-order valence-electron chi connectivity index (χ3n) is 5.75. The number of hydrogen-bond acceptors (Lipinski definition) is 2. The molecule has 1 aliphatic heterocycles. The average Bonchev–Trinajstić information content (AvgIpc) is 2.69. The van der Waals surface area contributed by atoms with Crippen molar-refractivity contribution < 1.29 is 9.18 Å². The number of fused-ring (bicyclic) bond motifs is 1. The van der Waals surface area contributed by atoms with Crippen LogP contribution >= 0.6 is 0 Å². The number of aryl methyl sites for hydroxylation is 1. The van der Waals surface area contributed by atoms with E-state index in [-0.39, 0.29) is 17.8 Å². The number of carbonyl (C=O) groups excluding carboxylic acids is 1. The Morgan fingerprint density at radius 2 is 1.73 bits per heavy atom. The molecule has 0 unspecified atom stereocenters. The SMILES string of the molecule is O=C(NC1CCN([C@H]2CCCc3ccccc32)CC1)c1ccc(F)cc1. The summed E-state index contributed by atoms with van der Waals surface area (Å²) in [6.45, 7) is 2.01. The zero-order valence-corrected chi connectivity index (χ0v) is 15.0. The minimum absolute atomic E-state index is 0.105. The second-order valence-electron chi connectivity index (χ2n) is 7.40. The first-order valence-corrected chi connectivity index (χ1v) is 9.59. The lowest BCUT2D eigenvalue weighted by molar-refractivity contribution is 0.0881. The van der Waals surface area contributed by atoms with Crippen LogP contribution in [0.1, 0.15) is 53.2 Å². The van der Waals surface area contributed by atoms with Crippen molar-refractivity contribution in [2.24, 2.45) is 0 Å². The Labute approximate surface area is 154 Å². The molecule has 1 fully saturated rings. The molecule has 0 saturated carbocycles. The first-order chi connectivity index (χ1) is 12.7. The monoisotopic (exact) mass is 352 g/mol. The van der Waals surface area contributed by atoms with Crippen LogP contribution in [0.5, 0.6) is 0 Å². The zero-order valence-electron chi connectivity index (χ0n) is 15.0. The molecule has 3 nitrogen and oxygen atoms in total. The summed E-state index contributed by atoms with van der Waals surface area (Å²) in [5.74, 6) is -0.422. The van der Waals surface area contributed by atoms with E-state index >= 15 is 0 Å². The number of halogens is 1. The van der Waals surface area contributed by atoms with Gasteiger partial charge < -0.3 is 5.32 Å². The van der Waals surface area contributed by atoms with Crippen molar-refractivity contribution in [2.75, 3.05) is 13.1 Å². The number of nitrogens with one attached hydrogen (secondary N) is 1. The lowest BCUT2D eigenvalue weighted by Crippen LogP contribution is -2.46. The van der Waals surface area contributed by atoms with Gasteiger partial charge in [0.15, 0.2) is 0 Å². The summed E-state index contributed by atoms with van der Waals surface area (Å²) >= 11 is 0. The van der Waals surface area contributed by atoms with Crippen molar-refractivity contribution in [3.63, 3.8) is 0 Å². The van der Waals surface area contributed by atoms with Crippen LogP contribution in [0.25, 0.3) is 0 Å². The lowest BCUT2D eigenvalue weighted by Gasteiger charge is -2.40. The van der Waals surface area contributed by atoms with Crippen LogP contribution in [0.4, 0.5) is 4.39 Å². The zero-order chi connectivity index (χ0) is 17.9. The highest BCUT2D eigenvalue weighted by molar-refractivity contribution is 5.94. The largest absolute Gasteiger partial charge is 0.349 e. The number of nitrogens with zero attached hydrogens (tertiary/aromatic N) is 1. The van der Waals surface area contributed by atoms with Crippen molar-refractivity contribution in [1.29, 1.82) is 0 Å². The molecule has 1 amide bonds. The van der Waals surface area contributed by atoms with Gasteiger partial charge in [0.1, 0.15) is 5.82 Å². The number of piperidine rings is 1. The molecule has 0 aromatic heterocycles. The second kappa shape index (κ2) is 7.58. The van der Waals surface area contributed by atoms with Crippen molar-refractivity contribution in [1.82, 2.24) is 10.2 Å². The summed E-state index contributed by atoms with van der Waals surface area (Å²) in [4.78, 5) is 14.9. The summed E-state index contributed by atoms with van der Waals surface area (Å²) in [5.41, 5.74) is 3.51. The predicted octanol–water partition coefficient (Wildman–Crippen LogP) is 4.10. The third kappa shape index (κ3) is 3.65. The summed E-state index contributed by atoms with van der Waals surface area (Å²) in [6, 6.07) is 15.3. The summed E-state index contributed by atoms with van der Waals surface area (Å²) in [6.07, 6.45) is 5.60. The van der Waals surface area contributed by atoms with Gasteiger partial charge >= 0.3 is 0 Å². The van der Waals surface area contributed by atoms with E-state index in [9.17, 15) is 9.18 Å². The van der Waals surface area contributed by atoms with E-state index in [0.29, 0.717) is 11.6 Å². The molecule has 1 N–H and O–H groups in total. The normalized spacial score (nSPS) is 21.2. The highest BCUT2D eigenvalue weighted by Crippen LogP contribution is 2.35. The number of hydrogen-bond donors (Lipinski definition) is 1. The Morgan fingerprint density at radius 3 is 2.50 bits per heavy atom. The van der Waals surface area contributed by atoms with Gasteiger partial charge in [-0.05, 0) is 67.5 Å². The molecule has 136 valence electrons. The van der Waals surface area contributed by atoms with Gasteiger partial charge in [0, 0.05) is 30.7 Å². The molecule has 0 radical (unpaired) electrons. The number of likely N-dealkylation sites (tertiary alicyclic amines) is 1. The molecule has 1 saturated heterocycles. The topological polar surface area (TPSA) is 32.3 Å². The van der Waals surface area contributed by atoms with Gasteiger partial charge in [0.05, 0.1) is 0 Å². The van der Waals surface area contributed by atoms with E-state index in [1.807, 2.05) is 0 Å². The summed E-state index contributed by atoms with van der Waals surface area (Å²) in [7, 11) is 0. The molecular formula is C22H25FN2O. The van der Waals surface area contributed by atoms with Crippen molar-refractivity contribution >= 4 is 5.91 Å². The molecule has 4 heteroatoms. The van der Waals surface area contributed by atoms with Crippen LogP contribution in [0.3, 0.4) is 0 Å². The molecule has 2 aromatic carbocycles. The maximum atomic E-state index is 13.0. The van der Waals surface area contributed by atoms with Crippen molar-refractivity contribution in [3.05, 3.63) is 71.0 Å². The summed E-state index contributed by atoms with van der Waals surface area (Å²) < 4.78 is 13.0. The Kier molecular flexibility index (Phi) is 5.02. The second-order valence-corrected chi connectivity index (χ2v) is 7.40. The molecule has 2 aliphatic rings. The molecule has 0 bridgehead atoms. The van der Waals surface area contributed by atoms with Gasteiger partial charge in [-0.25, -0.2) is 4.39 Å². The molecule has 2 aromatic rings. The van der Waals surface area contributed by atoms with Crippen molar-refractivity contribution in [2.45, 2.75) is 44.2 Å². The Hall–Kier alpha value is -2.20. The van der Waals surface area contributed by atoms with Crippen LogP contribution in [-0.2, 0) is 6.42 Å². The van der Waals surface area contributed by atoms with Gasteiger partial charge in [-0.3, -0.25) is 9.69 Å². The fourth-order valence-electron chi connectivity index (χ4n) is 4.33. The van der Waals surface area contributed by atoms with E-state index in [1.54, 1.807) is 12.1 Å². The molecule has 4 rings (SSSR count). The number of rotatable bonds is 3. The maximum absolute atomic E-state index is 13.0. The lowest BCUT2D eigenvalue weighted by atomic mass is 9.86. The van der Waals surface area contributed by atoms with Gasteiger partial charge in [-0.15, -0.1) is 0 Å². The first kappa shape index (κ1) is 17.2. The van der Waals surface area contributed by atoms with Crippen LogP contribution in [0.15, 0.2) is 48.5 Å². The van der Waals surface area contributed by atoms with Crippen molar-refractivity contribution in [3.8, 4) is 0 Å². The molecular weight excluding hydrogens is 327 g/mol. The van der Waals surface area contributed by atoms with Gasteiger partial charge in [-0.2, -0.15) is 0 Å². The Bertz CT molecular complexity index is 766. The highest BCUT2D eigenvalue weighted by Gasteiger charge is 2.29. The van der Waals surface area contributed by atoms with E-state index in [1.165, 1.54) is 42.5 Å². The number of carbonyl (C=O) groups is 1. The number of benzene rings is 2. The molecule has 1 heterocycles. The fourth-order valence-corrected chi connectivity index (χ4v) is 4.33. The van der Waals surface area contributed by atoms with Crippen LogP contribution in [0, 0.1) is 5.82 Å². The van der Waals surface area contributed by atoms with E-state index in [0.717, 1.165) is 25.9 Å². The third-order valence-corrected chi connectivity index (χ3v) is 5.75. The minimum atomic E-state index is -0.317. The molecule has 0 spiro atoms. The Morgan fingerprint density at radius 1 is 1.00 bits per heavy atom. The molecule has 1 aliphatic carbocycles. The maximum Gasteiger partial charge on any atom is 0.251 e. The van der Waals surface area contributed by atoms with E-state index in [4.69, 9.17) is 0 Å².